The van der Waals surface area contributed by atoms with Gasteiger partial charge in [0.25, 0.3) is 0 Å². The van der Waals surface area contributed by atoms with Crippen LogP contribution in [0.3, 0.4) is 0 Å². The Morgan fingerprint density at radius 3 is 1.30 bits per heavy atom. The number of ether oxygens (including phenoxy) is 7. The van der Waals surface area contributed by atoms with Crippen LogP contribution < -0.4 is 0 Å². The number of carbonyl (C=O) groups excluding carboxylic acids is 3. The molecule has 0 amide bonds. The summed E-state index contributed by atoms with van der Waals surface area (Å²) in [5.74, 6) is -2.25. The van der Waals surface area contributed by atoms with Crippen molar-refractivity contribution in [3.63, 3.8) is 0 Å². The number of hydrogen-bond donors (Lipinski definition) is 11. The Labute approximate surface area is 559 Å². The minimum atomic E-state index is -5.70. The highest BCUT2D eigenvalue weighted by molar-refractivity contribution is 7.47. The lowest BCUT2D eigenvalue weighted by atomic mass is 9.84. The predicted molar refractivity (Wildman–Crippen MR) is 351 cm³/mol. The number of phosphoric acid groups is 1. The molecule has 2 aliphatic heterocycles. The molecule has 2 saturated heterocycles. The Hall–Kier alpha value is -2.82. The summed E-state index contributed by atoms with van der Waals surface area (Å²) in [5.41, 5.74) is 0. The molecule has 3 aliphatic rings. The highest BCUT2D eigenvalue weighted by atomic mass is 31.2. The van der Waals surface area contributed by atoms with Gasteiger partial charge < -0.3 is 89.1 Å². The zero-order valence-corrected chi connectivity index (χ0v) is 57.6. The van der Waals surface area contributed by atoms with Crippen molar-refractivity contribution in [2.75, 3.05) is 26.4 Å². The highest BCUT2D eigenvalue weighted by Crippen LogP contribution is 2.49. The van der Waals surface area contributed by atoms with E-state index < -0.39 is 156 Å². The third-order valence-electron chi connectivity index (χ3n) is 17.5. The minimum Gasteiger partial charge on any atom is -0.462 e. The maximum absolute atomic E-state index is 14.3. The predicted octanol–water partition coefficient (Wildman–Crippen LogP) is 8.73. The zero-order valence-electron chi connectivity index (χ0n) is 56.7. The van der Waals surface area contributed by atoms with Crippen molar-refractivity contribution in [2.24, 2.45) is 0 Å². The SMILES string of the molecule is CCCCCCCC/C=C\CCCCCC(=O)OCC(COP(=O)(O)OC1C(OC2OC(CO)C(O)C(O)C2O)C(O)C(O)C(O)C1OC1OC(COC(=O)/C=C/C=C/CCCCCCCCCCCCC)C(O)C(O)C1O)OC(=O)CCCCCCCCCCCCC. The number of rotatable bonds is 54. The lowest BCUT2D eigenvalue weighted by Crippen LogP contribution is -2.69. The van der Waals surface area contributed by atoms with Gasteiger partial charge in [0.15, 0.2) is 18.7 Å². The second-order valence-electron chi connectivity index (χ2n) is 25.7. The first-order chi connectivity index (χ1) is 45.3. The van der Waals surface area contributed by atoms with Crippen molar-refractivity contribution in [1.29, 1.82) is 0 Å². The van der Waals surface area contributed by atoms with E-state index in [1.165, 1.54) is 122 Å². The average Bonchev–Trinajstić information content (AvgIpc) is 0.764. The third kappa shape index (κ3) is 34.8. The summed E-state index contributed by atoms with van der Waals surface area (Å²) in [4.78, 5) is 50.7. The molecular weight excluding hydrogens is 1240 g/mol. The van der Waals surface area contributed by atoms with Crippen molar-refractivity contribution in [3.8, 4) is 0 Å². The van der Waals surface area contributed by atoms with Crippen LogP contribution in [0.15, 0.2) is 36.5 Å². The number of unbranched alkanes of at least 4 members (excludes halogenated alkanes) is 30. The smallest absolute Gasteiger partial charge is 0.462 e. The quantitative estimate of drug-likeness (QED) is 0.00515. The van der Waals surface area contributed by atoms with Crippen LogP contribution in [0.25, 0.3) is 0 Å². The maximum Gasteiger partial charge on any atom is 0.472 e. The van der Waals surface area contributed by atoms with Gasteiger partial charge in [-0.25, -0.2) is 9.36 Å². The number of aliphatic hydroxyl groups is 10. The summed E-state index contributed by atoms with van der Waals surface area (Å²) in [6, 6.07) is 0. The molecule has 3 rings (SSSR count). The van der Waals surface area contributed by atoms with Crippen LogP contribution >= 0.6 is 7.82 Å². The van der Waals surface area contributed by atoms with E-state index in [4.69, 9.17) is 42.2 Å². The van der Waals surface area contributed by atoms with Gasteiger partial charge in [-0.3, -0.25) is 18.6 Å². The molecule has 94 heavy (non-hydrogen) atoms. The molecule has 11 N–H and O–H groups in total. The summed E-state index contributed by atoms with van der Waals surface area (Å²) in [6.45, 7) is 3.29. The summed E-state index contributed by atoms with van der Waals surface area (Å²) < 4.78 is 64.6. The van der Waals surface area contributed by atoms with E-state index in [0.717, 1.165) is 96.0 Å². The van der Waals surface area contributed by atoms with Gasteiger partial charge in [-0.15, -0.1) is 0 Å². The molecule has 18 unspecified atom stereocenters. The van der Waals surface area contributed by atoms with Gasteiger partial charge in [-0.1, -0.05) is 218 Å². The molecule has 548 valence electrons. The van der Waals surface area contributed by atoms with Crippen LogP contribution in [0.4, 0.5) is 0 Å². The van der Waals surface area contributed by atoms with Crippen LogP contribution in [-0.2, 0) is 61.2 Å². The van der Waals surface area contributed by atoms with E-state index >= 15 is 0 Å². The Kier molecular flexibility index (Phi) is 46.7. The summed E-state index contributed by atoms with van der Waals surface area (Å²) in [5, 5.41) is 110. The van der Waals surface area contributed by atoms with Gasteiger partial charge in [-0.05, 0) is 51.4 Å². The Bertz CT molecular complexity index is 2100. The van der Waals surface area contributed by atoms with Crippen LogP contribution in [0, 0.1) is 0 Å². The van der Waals surface area contributed by atoms with E-state index in [2.05, 4.69) is 32.9 Å². The fraction of sp³-hybridized carbons (Fsp3) is 0.870. The minimum absolute atomic E-state index is 0.0226. The number of hydrogen-bond acceptors (Lipinski definition) is 23. The van der Waals surface area contributed by atoms with Crippen molar-refractivity contribution in [3.05, 3.63) is 36.5 Å². The molecule has 2 heterocycles. The van der Waals surface area contributed by atoms with Gasteiger partial charge in [0, 0.05) is 18.9 Å². The van der Waals surface area contributed by atoms with Crippen molar-refractivity contribution < 1.29 is 117 Å². The molecule has 0 bridgehead atoms. The van der Waals surface area contributed by atoms with E-state index in [9.17, 15) is 74.9 Å². The van der Waals surface area contributed by atoms with Gasteiger partial charge in [-0.2, -0.15) is 0 Å². The monoisotopic (exact) mass is 1370 g/mol. The molecular formula is C69H123O24P. The average molecular weight is 1370 g/mol. The van der Waals surface area contributed by atoms with Gasteiger partial charge in [0.2, 0.25) is 0 Å². The third-order valence-corrected chi connectivity index (χ3v) is 18.5. The summed E-state index contributed by atoms with van der Waals surface area (Å²) >= 11 is 0. The fourth-order valence-electron chi connectivity index (χ4n) is 11.6. The summed E-state index contributed by atoms with van der Waals surface area (Å²) in [6.07, 6.45) is 11.7. The fourth-order valence-corrected chi connectivity index (χ4v) is 12.6. The van der Waals surface area contributed by atoms with Gasteiger partial charge >= 0.3 is 25.7 Å². The van der Waals surface area contributed by atoms with Crippen LogP contribution in [-0.4, -0.2) is 204 Å². The Balaban J connectivity index is 1.77. The number of esters is 3. The van der Waals surface area contributed by atoms with Crippen molar-refractivity contribution in [2.45, 2.75) is 356 Å². The van der Waals surface area contributed by atoms with Gasteiger partial charge in [0.1, 0.15) is 98.7 Å². The van der Waals surface area contributed by atoms with E-state index in [1.807, 2.05) is 6.08 Å². The number of phosphoric ester groups is 1. The zero-order chi connectivity index (χ0) is 68.9. The standard InChI is InChI=1S/C69H123O24P/c1-4-7-10-13-16-19-22-24-25-27-30-32-35-38-41-44-54(72)86-49-52-57(75)59(77)64(82)69(90-52)92-66-62(80)60(78)61(79)65(91-68-63(81)58(76)56(74)51(46-70)89-68)67(66)93-94(83,84)87-48-50(88-55(73)45-42-39-36-33-28-21-18-15-12-9-6-3)47-85-53(71)43-40-37-34-31-29-26-23-20-17-14-11-8-5-2/h26,29,35,38,41,44,50-52,56-70,74-82H,4-25,27-28,30-34,36-37,39-40,42-43,45-49H2,1-3H3,(H,83,84)/b29-26-,38-35+,44-41+. The molecule has 0 radical (unpaired) electrons. The van der Waals surface area contributed by atoms with Crippen molar-refractivity contribution >= 4 is 25.7 Å². The molecule has 1 saturated carbocycles. The highest BCUT2D eigenvalue weighted by Gasteiger charge is 2.58. The molecule has 18 atom stereocenters. The van der Waals surface area contributed by atoms with Crippen molar-refractivity contribution in [1.82, 2.24) is 0 Å². The molecule has 24 nitrogen and oxygen atoms in total. The molecule has 3 fully saturated rings. The first kappa shape index (κ1) is 85.4. The largest absolute Gasteiger partial charge is 0.472 e. The number of carbonyl (C=O) groups is 3. The van der Waals surface area contributed by atoms with Crippen LogP contribution in [0.2, 0.25) is 0 Å². The maximum atomic E-state index is 14.3. The molecule has 0 aromatic heterocycles. The second kappa shape index (κ2) is 51.4. The molecule has 0 spiro atoms. The van der Waals surface area contributed by atoms with Crippen LogP contribution in [0.5, 0.6) is 0 Å². The normalized spacial score (nSPS) is 28.5. The van der Waals surface area contributed by atoms with Crippen LogP contribution in [0.1, 0.15) is 252 Å². The summed E-state index contributed by atoms with van der Waals surface area (Å²) in [7, 11) is -5.70. The lowest BCUT2D eigenvalue weighted by molar-refractivity contribution is -0.360. The Morgan fingerprint density at radius 2 is 0.830 bits per heavy atom. The second-order valence-corrected chi connectivity index (χ2v) is 27.1. The first-order valence-electron chi connectivity index (χ1n) is 35.8. The lowest BCUT2D eigenvalue weighted by Gasteiger charge is -2.49. The molecule has 1 aliphatic carbocycles. The molecule has 0 aromatic rings. The topological polar surface area (TPSA) is 374 Å². The first-order valence-corrected chi connectivity index (χ1v) is 37.3. The van der Waals surface area contributed by atoms with E-state index in [-0.39, 0.29) is 12.8 Å². The number of allylic oxidation sites excluding steroid dienone is 5. The molecule has 25 heteroatoms. The molecule has 0 aromatic carbocycles. The van der Waals surface area contributed by atoms with Gasteiger partial charge in [0.05, 0.1) is 13.2 Å². The van der Waals surface area contributed by atoms with E-state index in [1.54, 1.807) is 6.08 Å². The Morgan fingerprint density at radius 1 is 0.436 bits per heavy atom. The van der Waals surface area contributed by atoms with E-state index in [0.29, 0.717) is 12.8 Å². The number of aliphatic hydroxyl groups excluding tert-OH is 10.